The van der Waals surface area contributed by atoms with Crippen molar-refractivity contribution in [3.63, 3.8) is 0 Å². The number of amides is 1. The number of rotatable bonds is 5. The van der Waals surface area contributed by atoms with Crippen molar-refractivity contribution in [3.8, 4) is 5.75 Å². The molecule has 0 fully saturated rings. The van der Waals surface area contributed by atoms with Crippen LogP contribution in [-0.4, -0.2) is 34.5 Å². The number of benzene rings is 2. The zero-order valence-electron chi connectivity index (χ0n) is 13.7. The number of pyridine rings is 1. The molecule has 0 radical (unpaired) electrons. The zero-order valence-corrected chi connectivity index (χ0v) is 13.7. The molecule has 1 aromatic heterocycles. The van der Waals surface area contributed by atoms with Gasteiger partial charge >= 0.3 is 6.09 Å². The summed E-state index contributed by atoms with van der Waals surface area (Å²) in [6.45, 7) is 0.152. The third-order valence-corrected chi connectivity index (χ3v) is 3.73. The van der Waals surface area contributed by atoms with E-state index in [-0.39, 0.29) is 6.54 Å². The van der Waals surface area contributed by atoms with E-state index in [1.165, 1.54) is 0 Å². The monoisotopic (exact) mass is 335 g/mol. The van der Waals surface area contributed by atoms with E-state index in [9.17, 15) is 9.90 Å². The summed E-state index contributed by atoms with van der Waals surface area (Å²) in [6.07, 6.45) is 2.10. The Morgan fingerprint density at radius 3 is 2.68 bits per heavy atom. The number of hydrazone groups is 1. The number of para-hydroxylation sites is 1. The SMILES string of the molecule is COc1ccc(CN(/N=C\c2ccnc3ccccc23)C(=O)O)cc1. The maximum Gasteiger partial charge on any atom is 0.428 e. The van der Waals surface area contributed by atoms with E-state index in [4.69, 9.17) is 4.74 Å². The van der Waals surface area contributed by atoms with Gasteiger partial charge in [-0.25, -0.2) is 4.79 Å². The van der Waals surface area contributed by atoms with Crippen LogP contribution in [0.4, 0.5) is 4.79 Å². The second-order valence-corrected chi connectivity index (χ2v) is 5.35. The molecular weight excluding hydrogens is 318 g/mol. The number of carbonyl (C=O) groups is 1. The van der Waals surface area contributed by atoms with Crippen LogP contribution in [0.1, 0.15) is 11.1 Å². The van der Waals surface area contributed by atoms with Crippen molar-refractivity contribution < 1.29 is 14.6 Å². The van der Waals surface area contributed by atoms with Gasteiger partial charge in [0.2, 0.25) is 0 Å². The van der Waals surface area contributed by atoms with Gasteiger partial charge in [-0.15, -0.1) is 0 Å². The molecule has 2 aromatic carbocycles. The minimum Gasteiger partial charge on any atom is -0.497 e. The van der Waals surface area contributed by atoms with Gasteiger partial charge in [-0.3, -0.25) is 4.98 Å². The van der Waals surface area contributed by atoms with E-state index < -0.39 is 6.09 Å². The number of carboxylic acid groups (broad SMARTS) is 1. The van der Waals surface area contributed by atoms with Gasteiger partial charge in [0.25, 0.3) is 0 Å². The minimum atomic E-state index is -1.12. The fourth-order valence-electron chi connectivity index (χ4n) is 2.42. The van der Waals surface area contributed by atoms with Crippen molar-refractivity contribution in [2.45, 2.75) is 6.54 Å². The first kappa shape index (κ1) is 16.4. The van der Waals surface area contributed by atoms with Crippen LogP contribution in [0.25, 0.3) is 10.9 Å². The molecule has 0 bridgehead atoms. The van der Waals surface area contributed by atoms with Crippen LogP contribution in [0, 0.1) is 0 Å². The molecule has 0 aliphatic heterocycles. The largest absolute Gasteiger partial charge is 0.497 e. The van der Waals surface area contributed by atoms with Gasteiger partial charge in [-0.1, -0.05) is 30.3 Å². The van der Waals surface area contributed by atoms with E-state index >= 15 is 0 Å². The summed E-state index contributed by atoms with van der Waals surface area (Å²) in [7, 11) is 1.59. The molecule has 3 aromatic rings. The predicted molar refractivity (Wildman–Crippen MR) is 95.9 cm³/mol. The maximum absolute atomic E-state index is 11.5. The summed E-state index contributed by atoms with van der Waals surface area (Å²) in [5.74, 6) is 0.720. The van der Waals surface area contributed by atoms with Crippen molar-refractivity contribution in [2.24, 2.45) is 5.10 Å². The smallest absolute Gasteiger partial charge is 0.428 e. The van der Waals surface area contributed by atoms with Crippen LogP contribution in [0.5, 0.6) is 5.75 Å². The third kappa shape index (κ3) is 3.92. The second kappa shape index (κ2) is 7.44. The summed E-state index contributed by atoms with van der Waals surface area (Å²) in [4.78, 5) is 15.8. The summed E-state index contributed by atoms with van der Waals surface area (Å²) in [6, 6.07) is 16.6. The fourth-order valence-corrected chi connectivity index (χ4v) is 2.42. The van der Waals surface area contributed by atoms with Crippen molar-refractivity contribution in [1.82, 2.24) is 9.99 Å². The highest BCUT2D eigenvalue weighted by molar-refractivity contribution is 5.98. The highest BCUT2D eigenvalue weighted by Crippen LogP contribution is 2.16. The van der Waals surface area contributed by atoms with Crippen LogP contribution < -0.4 is 4.74 Å². The molecule has 0 spiro atoms. The molecular formula is C19H17N3O3. The lowest BCUT2D eigenvalue weighted by atomic mass is 10.1. The van der Waals surface area contributed by atoms with Crippen LogP contribution >= 0.6 is 0 Å². The Balaban J connectivity index is 1.83. The predicted octanol–water partition coefficient (Wildman–Crippen LogP) is 3.76. The third-order valence-electron chi connectivity index (χ3n) is 3.73. The molecule has 6 nitrogen and oxygen atoms in total. The molecule has 0 saturated heterocycles. The molecule has 0 aliphatic carbocycles. The number of hydrogen-bond donors (Lipinski definition) is 1. The lowest BCUT2D eigenvalue weighted by Gasteiger charge is -2.13. The molecule has 0 saturated carbocycles. The standard InChI is InChI=1S/C19H17N3O3/c1-25-16-8-6-14(7-9-16)13-22(19(23)24)21-12-15-10-11-20-18-5-3-2-4-17(15)18/h2-12H,13H2,1H3,(H,23,24)/b21-12-. The Morgan fingerprint density at radius 1 is 1.20 bits per heavy atom. The summed E-state index contributed by atoms with van der Waals surface area (Å²) < 4.78 is 5.10. The van der Waals surface area contributed by atoms with Crippen LogP contribution in [0.15, 0.2) is 65.9 Å². The topological polar surface area (TPSA) is 75.0 Å². The number of hydrogen-bond acceptors (Lipinski definition) is 4. The average molecular weight is 335 g/mol. The summed E-state index contributed by atoms with van der Waals surface area (Å²) in [5, 5.41) is 15.4. The number of methoxy groups -OCH3 is 1. The number of aromatic nitrogens is 1. The first-order valence-corrected chi connectivity index (χ1v) is 7.68. The van der Waals surface area contributed by atoms with E-state index in [0.29, 0.717) is 0 Å². The zero-order chi connectivity index (χ0) is 17.6. The number of nitrogens with zero attached hydrogens (tertiary/aromatic N) is 3. The Hall–Kier alpha value is -3.41. The quantitative estimate of drug-likeness (QED) is 0.569. The number of ether oxygens (including phenoxy) is 1. The molecule has 1 N–H and O–H groups in total. The van der Waals surface area contributed by atoms with Gasteiger partial charge in [0.05, 0.1) is 25.4 Å². The summed E-state index contributed by atoms with van der Waals surface area (Å²) >= 11 is 0. The van der Waals surface area contributed by atoms with E-state index in [2.05, 4.69) is 10.1 Å². The van der Waals surface area contributed by atoms with E-state index in [0.717, 1.165) is 32.8 Å². The molecule has 0 atom stereocenters. The van der Waals surface area contributed by atoms with Crippen LogP contribution in [-0.2, 0) is 6.54 Å². The molecule has 126 valence electrons. The second-order valence-electron chi connectivity index (χ2n) is 5.35. The Bertz CT molecular complexity index is 902. The lowest BCUT2D eigenvalue weighted by molar-refractivity contribution is 0.144. The van der Waals surface area contributed by atoms with E-state index in [1.54, 1.807) is 37.7 Å². The normalized spacial score (nSPS) is 10.9. The number of fused-ring (bicyclic) bond motifs is 1. The minimum absolute atomic E-state index is 0.152. The maximum atomic E-state index is 11.5. The average Bonchev–Trinajstić information content (AvgIpc) is 2.65. The first-order chi connectivity index (χ1) is 12.2. The van der Waals surface area contributed by atoms with Gasteiger partial charge in [-0.2, -0.15) is 10.1 Å². The van der Waals surface area contributed by atoms with Crippen molar-refractivity contribution >= 4 is 23.2 Å². The van der Waals surface area contributed by atoms with Crippen molar-refractivity contribution in [3.05, 3.63) is 71.9 Å². The lowest BCUT2D eigenvalue weighted by Crippen LogP contribution is -2.23. The van der Waals surface area contributed by atoms with Crippen LogP contribution in [0.3, 0.4) is 0 Å². The van der Waals surface area contributed by atoms with Gasteiger partial charge in [0.15, 0.2) is 0 Å². The van der Waals surface area contributed by atoms with Gasteiger partial charge in [0.1, 0.15) is 5.75 Å². The van der Waals surface area contributed by atoms with E-state index in [1.807, 2.05) is 36.4 Å². The van der Waals surface area contributed by atoms with Gasteiger partial charge in [0, 0.05) is 17.1 Å². The molecule has 1 heterocycles. The molecule has 0 aliphatic rings. The molecule has 3 rings (SSSR count). The molecule has 1 amide bonds. The van der Waals surface area contributed by atoms with Gasteiger partial charge < -0.3 is 9.84 Å². The summed E-state index contributed by atoms with van der Waals surface area (Å²) in [5.41, 5.74) is 2.47. The fraction of sp³-hybridized carbons (Fsp3) is 0.105. The Kier molecular flexibility index (Phi) is 4.89. The highest BCUT2D eigenvalue weighted by Gasteiger charge is 2.11. The Labute approximate surface area is 145 Å². The highest BCUT2D eigenvalue weighted by atomic mass is 16.5. The van der Waals surface area contributed by atoms with Crippen molar-refractivity contribution in [2.75, 3.05) is 7.11 Å². The Morgan fingerprint density at radius 2 is 1.96 bits per heavy atom. The molecule has 25 heavy (non-hydrogen) atoms. The van der Waals surface area contributed by atoms with Gasteiger partial charge in [-0.05, 0) is 29.8 Å². The molecule has 0 unspecified atom stereocenters. The first-order valence-electron chi connectivity index (χ1n) is 7.68. The molecule has 6 heteroatoms. The van der Waals surface area contributed by atoms with Crippen molar-refractivity contribution in [1.29, 1.82) is 0 Å². The van der Waals surface area contributed by atoms with Crippen LogP contribution in [0.2, 0.25) is 0 Å².